The average Bonchev–Trinajstić information content (AvgIpc) is 2.72. The average molecular weight is 284 g/mol. The van der Waals surface area contributed by atoms with Gasteiger partial charge in [0.15, 0.2) is 0 Å². The van der Waals surface area contributed by atoms with E-state index in [0.717, 1.165) is 50.5 Å². The SMILES string of the molecule is Cc1cc(N2CCCN(CCN)CC2)c2ccccc2n1. The lowest BCUT2D eigenvalue weighted by molar-refractivity contribution is 0.302. The number of rotatable bonds is 3. The van der Waals surface area contributed by atoms with Crippen LogP contribution in [0.2, 0.25) is 0 Å². The Morgan fingerprint density at radius 1 is 1.14 bits per heavy atom. The fraction of sp³-hybridized carbons (Fsp3) is 0.471. The zero-order valence-electron chi connectivity index (χ0n) is 12.8. The van der Waals surface area contributed by atoms with E-state index in [1.807, 2.05) is 0 Å². The molecule has 0 radical (unpaired) electrons. The second-order valence-electron chi connectivity index (χ2n) is 5.77. The Morgan fingerprint density at radius 3 is 2.86 bits per heavy atom. The van der Waals surface area contributed by atoms with Crippen LogP contribution in [0.4, 0.5) is 5.69 Å². The number of nitrogens with zero attached hydrogens (tertiary/aromatic N) is 3. The Kier molecular flexibility index (Phi) is 4.36. The molecule has 0 atom stereocenters. The summed E-state index contributed by atoms with van der Waals surface area (Å²) in [6, 6.07) is 10.7. The van der Waals surface area contributed by atoms with Crippen molar-refractivity contribution in [2.45, 2.75) is 13.3 Å². The van der Waals surface area contributed by atoms with Gasteiger partial charge in [0, 0.05) is 49.5 Å². The molecule has 1 aromatic carbocycles. The number of hydrogen-bond donors (Lipinski definition) is 1. The second-order valence-corrected chi connectivity index (χ2v) is 5.77. The third-order valence-corrected chi connectivity index (χ3v) is 4.20. The Balaban J connectivity index is 1.89. The highest BCUT2D eigenvalue weighted by Gasteiger charge is 2.17. The van der Waals surface area contributed by atoms with Crippen molar-refractivity contribution < 1.29 is 0 Å². The summed E-state index contributed by atoms with van der Waals surface area (Å²) in [6.07, 6.45) is 1.19. The molecule has 0 aliphatic carbocycles. The van der Waals surface area contributed by atoms with Gasteiger partial charge in [-0.15, -0.1) is 0 Å². The van der Waals surface area contributed by atoms with Gasteiger partial charge in [-0.05, 0) is 32.0 Å². The van der Waals surface area contributed by atoms with E-state index in [1.54, 1.807) is 0 Å². The number of anilines is 1. The van der Waals surface area contributed by atoms with Gasteiger partial charge in [-0.25, -0.2) is 0 Å². The normalized spacial score (nSPS) is 17.1. The maximum atomic E-state index is 5.69. The number of aryl methyl sites for hydroxylation is 1. The fourth-order valence-electron chi connectivity index (χ4n) is 3.17. The molecule has 2 heterocycles. The molecule has 3 rings (SSSR count). The molecule has 0 amide bonds. The first-order valence-corrected chi connectivity index (χ1v) is 7.81. The second kappa shape index (κ2) is 6.41. The largest absolute Gasteiger partial charge is 0.370 e. The van der Waals surface area contributed by atoms with E-state index in [1.165, 1.54) is 17.5 Å². The van der Waals surface area contributed by atoms with Crippen molar-refractivity contribution in [1.82, 2.24) is 9.88 Å². The summed E-state index contributed by atoms with van der Waals surface area (Å²) in [6.45, 7) is 8.24. The zero-order chi connectivity index (χ0) is 14.7. The van der Waals surface area contributed by atoms with Crippen LogP contribution in [0.15, 0.2) is 30.3 Å². The molecule has 112 valence electrons. The lowest BCUT2D eigenvalue weighted by atomic mass is 10.1. The molecule has 2 aromatic rings. The monoisotopic (exact) mass is 284 g/mol. The molecule has 1 fully saturated rings. The zero-order valence-corrected chi connectivity index (χ0v) is 12.8. The van der Waals surface area contributed by atoms with Crippen LogP contribution < -0.4 is 10.6 Å². The molecule has 4 heteroatoms. The highest BCUT2D eigenvalue weighted by atomic mass is 15.2. The van der Waals surface area contributed by atoms with Crippen molar-refractivity contribution in [2.75, 3.05) is 44.2 Å². The molecule has 1 aliphatic heterocycles. The summed E-state index contributed by atoms with van der Waals surface area (Å²) < 4.78 is 0. The highest BCUT2D eigenvalue weighted by molar-refractivity contribution is 5.92. The van der Waals surface area contributed by atoms with Gasteiger partial charge in [-0.3, -0.25) is 4.98 Å². The van der Waals surface area contributed by atoms with Crippen LogP contribution in [0.1, 0.15) is 12.1 Å². The topological polar surface area (TPSA) is 45.4 Å². The molecule has 1 saturated heterocycles. The van der Waals surface area contributed by atoms with Gasteiger partial charge in [-0.2, -0.15) is 0 Å². The summed E-state index contributed by atoms with van der Waals surface area (Å²) in [4.78, 5) is 9.62. The molecule has 4 nitrogen and oxygen atoms in total. The molecule has 2 N–H and O–H groups in total. The lowest BCUT2D eigenvalue weighted by Crippen LogP contribution is -2.34. The summed E-state index contributed by atoms with van der Waals surface area (Å²) in [5.74, 6) is 0. The van der Waals surface area contributed by atoms with Gasteiger partial charge in [-0.1, -0.05) is 18.2 Å². The van der Waals surface area contributed by atoms with Gasteiger partial charge in [0.2, 0.25) is 0 Å². The van der Waals surface area contributed by atoms with Crippen LogP contribution in [-0.4, -0.2) is 49.2 Å². The van der Waals surface area contributed by atoms with Gasteiger partial charge >= 0.3 is 0 Å². The highest BCUT2D eigenvalue weighted by Crippen LogP contribution is 2.27. The molecular weight excluding hydrogens is 260 g/mol. The van der Waals surface area contributed by atoms with Crippen molar-refractivity contribution in [1.29, 1.82) is 0 Å². The molecule has 1 aromatic heterocycles. The predicted molar refractivity (Wildman–Crippen MR) is 88.8 cm³/mol. The Bertz CT molecular complexity index is 611. The summed E-state index contributed by atoms with van der Waals surface area (Å²) in [7, 11) is 0. The van der Waals surface area contributed by atoms with Crippen LogP contribution in [0.5, 0.6) is 0 Å². The number of pyridine rings is 1. The van der Waals surface area contributed by atoms with Gasteiger partial charge in [0.1, 0.15) is 0 Å². The maximum absolute atomic E-state index is 5.69. The standard InChI is InChI=1S/C17H24N4/c1-14-13-17(15-5-2-3-6-16(15)19-14)21-9-4-8-20(10-7-18)11-12-21/h2-3,5-6,13H,4,7-12,18H2,1H3. The number of benzene rings is 1. The number of hydrogen-bond acceptors (Lipinski definition) is 4. The quantitative estimate of drug-likeness (QED) is 0.936. The molecule has 1 aliphatic rings. The molecule has 21 heavy (non-hydrogen) atoms. The van der Waals surface area contributed by atoms with E-state index in [9.17, 15) is 0 Å². The maximum Gasteiger partial charge on any atom is 0.0726 e. The van der Waals surface area contributed by atoms with Gasteiger partial charge < -0.3 is 15.5 Å². The Labute approximate surface area is 126 Å². The van der Waals surface area contributed by atoms with Crippen LogP contribution in [0.3, 0.4) is 0 Å². The Hall–Kier alpha value is -1.65. The van der Waals surface area contributed by atoms with Crippen LogP contribution in [-0.2, 0) is 0 Å². The van der Waals surface area contributed by atoms with Crippen molar-refractivity contribution in [3.05, 3.63) is 36.0 Å². The number of aromatic nitrogens is 1. The van der Waals surface area contributed by atoms with Gasteiger partial charge in [0.05, 0.1) is 5.52 Å². The first-order chi connectivity index (χ1) is 10.3. The number of fused-ring (bicyclic) bond motifs is 1. The smallest absolute Gasteiger partial charge is 0.0726 e. The molecule has 0 unspecified atom stereocenters. The van der Waals surface area contributed by atoms with Crippen LogP contribution >= 0.6 is 0 Å². The van der Waals surface area contributed by atoms with E-state index >= 15 is 0 Å². The summed E-state index contributed by atoms with van der Waals surface area (Å²) in [5.41, 5.74) is 9.20. The van der Waals surface area contributed by atoms with E-state index in [2.05, 4.69) is 52.0 Å². The Morgan fingerprint density at radius 2 is 2.00 bits per heavy atom. The fourth-order valence-corrected chi connectivity index (χ4v) is 3.17. The van der Waals surface area contributed by atoms with Crippen molar-refractivity contribution >= 4 is 16.6 Å². The molecular formula is C17H24N4. The van der Waals surface area contributed by atoms with E-state index < -0.39 is 0 Å². The molecule has 0 spiro atoms. The molecule has 0 saturated carbocycles. The van der Waals surface area contributed by atoms with Crippen molar-refractivity contribution in [3.8, 4) is 0 Å². The minimum Gasteiger partial charge on any atom is -0.370 e. The van der Waals surface area contributed by atoms with E-state index in [-0.39, 0.29) is 0 Å². The minimum absolute atomic E-state index is 0.747. The van der Waals surface area contributed by atoms with Crippen molar-refractivity contribution in [2.24, 2.45) is 5.73 Å². The van der Waals surface area contributed by atoms with Crippen LogP contribution in [0.25, 0.3) is 10.9 Å². The third kappa shape index (κ3) is 3.17. The summed E-state index contributed by atoms with van der Waals surface area (Å²) >= 11 is 0. The lowest BCUT2D eigenvalue weighted by Gasteiger charge is -2.25. The molecule has 0 bridgehead atoms. The van der Waals surface area contributed by atoms with Crippen LogP contribution in [0, 0.1) is 6.92 Å². The van der Waals surface area contributed by atoms with E-state index in [0.29, 0.717) is 0 Å². The predicted octanol–water partition coefficient (Wildman–Crippen LogP) is 2.01. The third-order valence-electron chi connectivity index (χ3n) is 4.20. The first-order valence-electron chi connectivity index (χ1n) is 7.81. The van der Waals surface area contributed by atoms with E-state index in [4.69, 9.17) is 5.73 Å². The first kappa shape index (κ1) is 14.3. The minimum atomic E-state index is 0.747. The number of nitrogens with two attached hydrogens (primary N) is 1. The number of para-hydroxylation sites is 1. The van der Waals surface area contributed by atoms with Crippen molar-refractivity contribution in [3.63, 3.8) is 0 Å². The van der Waals surface area contributed by atoms with Gasteiger partial charge in [0.25, 0.3) is 0 Å². The summed E-state index contributed by atoms with van der Waals surface area (Å²) in [5, 5.41) is 1.26.